The van der Waals surface area contributed by atoms with Crippen LogP contribution in [0, 0.1) is 5.82 Å². The summed E-state index contributed by atoms with van der Waals surface area (Å²) in [7, 11) is 0. The van der Waals surface area contributed by atoms with E-state index >= 15 is 0 Å². The number of ether oxygens (including phenoxy) is 1. The summed E-state index contributed by atoms with van der Waals surface area (Å²) in [6, 6.07) is 25.5. The third-order valence-corrected chi connectivity index (χ3v) is 4.29. The molecule has 0 saturated heterocycles. The van der Waals surface area contributed by atoms with Crippen molar-refractivity contribution in [1.29, 1.82) is 0 Å². The van der Waals surface area contributed by atoms with Gasteiger partial charge >= 0.3 is 0 Å². The molecular weight excluding hydrogens is 329 g/mol. The number of carbonyl (C=O) groups is 1. The van der Waals surface area contributed by atoms with E-state index in [4.69, 9.17) is 4.74 Å². The van der Waals surface area contributed by atoms with Crippen LogP contribution in [0.4, 0.5) is 4.39 Å². The van der Waals surface area contributed by atoms with E-state index in [1.165, 1.54) is 12.1 Å². The van der Waals surface area contributed by atoms with Crippen LogP contribution in [-0.4, -0.2) is 12.5 Å². The first-order chi connectivity index (χ1) is 12.6. The second-order valence-corrected chi connectivity index (χ2v) is 6.12. The predicted molar refractivity (Wildman–Crippen MR) is 99.4 cm³/mol. The largest absolute Gasteiger partial charge is 0.481 e. The van der Waals surface area contributed by atoms with Crippen molar-refractivity contribution in [3.8, 4) is 5.75 Å². The lowest BCUT2D eigenvalue weighted by Gasteiger charge is -2.32. The molecule has 0 heterocycles. The molecule has 0 spiro atoms. The Hall–Kier alpha value is -3.14. The molecule has 0 bridgehead atoms. The molecule has 0 aliphatic rings. The molecule has 0 aliphatic carbocycles. The number of rotatable bonds is 6. The van der Waals surface area contributed by atoms with Crippen molar-refractivity contribution in [2.75, 3.05) is 6.61 Å². The van der Waals surface area contributed by atoms with Crippen LogP contribution >= 0.6 is 0 Å². The van der Waals surface area contributed by atoms with Crippen LogP contribution in [0.2, 0.25) is 0 Å². The molecule has 3 aromatic carbocycles. The molecule has 26 heavy (non-hydrogen) atoms. The molecule has 0 unspecified atom stereocenters. The fourth-order valence-corrected chi connectivity index (χ4v) is 2.87. The van der Waals surface area contributed by atoms with Crippen LogP contribution in [0.15, 0.2) is 84.9 Å². The number of amides is 1. The highest BCUT2D eigenvalue weighted by Crippen LogP contribution is 2.29. The van der Waals surface area contributed by atoms with Crippen molar-refractivity contribution in [3.05, 3.63) is 102 Å². The van der Waals surface area contributed by atoms with Gasteiger partial charge in [-0.3, -0.25) is 4.79 Å². The second-order valence-electron chi connectivity index (χ2n) is 6.12. The molecule has 3 aromatic rings. The molecule has 0 aliphatic heterocycles. The first-order valence-corrected chi connectivity index (χ1v) is 8.39. The SMILES string of the molecule is CC(NC(=O)COc1ccccc1F)(c1ccccc1)c1ccccc1. The van der Waals surface area contributed by atoms with Crippen molar-refractivity contribution < 1.29 is 13.9 Å². The smallest absolute Gasteiger partial charge is 0.258 e. The van der Waals surface area contributed by atoms with Gasteiger partial charge in [-0.2, -0.15) is 0 Å². The van der Waals surface area contributed by atoms with Gasteiger partial charge in [0.2, 0.25) is 0 Å². The molecule has 0 fully saturated rings. The van der Waals surface area contributed by atoms with Gasteiger partial charge in [0.05, 0.1) is 5.54 Å². The van der Waals surface area contributed by atoms with E-state index in [1.54, 1.807) is 12.1 Å². The van der Waals surface area contributed by atoms with E-state index in [2.05, 4.69) is 5.32 Å². The summed E-state index contributed by atoms with van der Waals surface area (Å²) < 4.78 is 19.0. The molecule has 3 nitrogen and oxygen atoms in total. The molecule has 1 N–H and O–H groups in total. The lowest BCUT2D eigenvalue weighted by atomic mass is 9.84. The van der Waals surface area contributed by atoms with Gasteiger partial charge in [-0.05, 0) is 30.2 Å². The van der Waals surface area contributed by atoms with Crippen molar-refractivity contribution in [2.24, 2.45) is 0 Å². The molecule has 3 rings (SSSR count). The molecule has 0 aromatic heterocycles. The highest BCUT2D eigenvalue weighted by Gasteiger charge is 2.30. The van der Waals surface area contributed by atoms with Gasteiger partial charge < -0.3 is 10.1 Å². The Kier molecular flexibility index (Phi) is 5.32. The molecule has 0 radical (unpaired) electrons. The average molecular weight is 349 g/mol. The number of nitrogens with one attached hydrogen (secondary N) is 1. The third kappa shape index (κ3) is 3.91. The monoisotopic (exact) mass is 349 g/mol. The van der Waals surface area contributed by atoms with Crippen LogP contribution in [-0.2, 0) is 10.3 Å². The number of hydrogen-bond donors (Lipinski definition) is 1. The fourth-order valence-electron chi connectivity index (χ4n) is 2.87. The molecule has 1 amide bonds. The maximum Gasteiger partial charge on any atom is 0.258 e. The number of carbonyl (C=O) groups excluding carboxylic acids is 1. The van der Waals surface area contributed by atoms with E-state index in [9.17, 15) is 9.18 Å². The summed E-state index contributed by atoms with van der Waals surface area (Å²) >= 11 is 0. The lowest BCUT2D eigenvalue weighted by Crippen LogP contribution is -2.46. The van der Waals surface area contributed by atoms with Gasteiger partial charge in [0.25, 0.3) is 5.91 Å². The summed E-state index contributed by atoms with van der Waals surface area (Å²) in [6.45, 7) is 1.68. The third-order valence-electron chi connectivity index (χ3n) is 4.29. The Morgan fingerprint density at radius 3 is 1.92 bits per heavy atom. The maximum atomic E-state index is 13.7. The van der Waals surface area contributed by atoms with Crippen LogP contribution in [0.25, 0.3) is 0 Å². The molecule has 4 heteroatoms. The Bertz CT molecular complexity index is 826. The number of para-hydroxylation sites is 1. The minimum atomic E-state index is -0.724. The van der Waals surface area contributed by atoms with Gasteiger partial charge in [-0.15, -0.1) is 0 Å². The summed E-state index contributed by atoms with van der Waals surface area (Å²) in [6.07, 6.45) is 0. The average Bonchev–Trinajstić information content (AvgIpc) is 2.68. The van der Waals surface area contributed by atoms with Crippen LogP contribution in [0.3, 0.4) is 0 Å². The van der Waals surface area contributed by atoms with Gasteiger partial charge in [-0.1, -0.05) is 72.8 Å². The zero-order valence-electron chi connectivity index (χ0n) is 14.5. The predicted octanol–water partition coefficient (Wildman–Crippen LogP) is 4.28. The summed E-state index contributed by atoms with van der Waals surface area (Å²) in [5.74, 6) is -0.763. The number of halogens is 1. The van der Waals surface area contributed by atoms with Crippen LogP contribution in [0.5, 0.6) is 5.75 Å². The zero-order valence-corrected chi connectivity index (χ0v) is 14.5. The number of hydrogen-bond acceptors (Lipinski definition) is 2. The topological polar surface area (TPSA) is 38.3 Å². The van der Waals surface area contributed by atoms with Crippen molar-refractivity contribution in [2.45, 2.75) is 12.5 Å². The van der Waals surface area contributed by atoms with Crippen LogP contribution in [0.1, 0.15) is 18.1 Å². The fraction of sp³-hybridized carbons (Fsp3) is 0.136. The summed E-state index contributed by atoms with van der Waals surface area (Å²) in [4.78, 5) is 12.5. The minimum absolute atomic E-state index is 0.0591. The van der Waals surface area contributed by atoms with Gasteiger partial charge in [0.15, 0.2) is 18.2 Å². The minimum Gasteiger partial charge on any atom is -0.481 e. The first-order valence-electron chi connectivity index (χ1n) is 8.39. The van der Waals surface area contributed by atoms with E-state index in [-0.39, 0.29) is 18.3 Å². The first kappa shape index (κ1) is 17.7. The summed E-state index contributed by atoms with van der Waals surface area (Å²) in [5, 5.41) is 3.03. The van der Waals surface area contributed by atoms with E-state index in [0.29, 0.717) is 0 Å². The number of benzene rings is 3. The zero-order chi connectivity index (χ0) is 18.4. The highest BCUT2D eigenvalue weighted by molar-refractivity contribution is 5.79. The van der Waals surface area contributed by atoms with Gasteiger partial charge in [0, 0.05) is 0 Å². The van der Waals surface area contributed by atoms with Crippen LogP contribution < -0.4 is 10.1 Å². The van der Waals surface area contributed by atoms with Crippen molar-refractivity contribution in [3.63, 3.8) is 0 Å². The molecule has 132 valence electrons. The standard InChI is InChI=1S/C22H20FNO2/c1-22(17-10-4-2-5-11-17,18-12-6-3-7-13-18)24-21(25)16-26-20-15-9-8-14-19(20)23/h2-15H,16H2,1H3,(H,24,25). The molecule has 0 atom stereocenters. The highest BCUT2D eigenvalue weighted by atomic mass is 19.1. The Balaban J connectivity index is 1.80. The quantitative estimate of drug-likeness (QED) is 0.721. The molecular formula is C22H20FNO2. The molecule has 0 saturated carbocycles. The van der Waals surface area contributed by atoms with Crippen molar-refractivity contribution >= 4 is 5.91 Å². The Labute approximate surface area is 152 Å². The van der Waals surface area contributed by atoms with E-state index in [1.807, 2.05) is 67.6 Å². The maximum absolute atomic E-state index is 13.7. The van der Waals surface area contributed by atoms with Gasteiger partial charge in [0.1, 0.15) is 0 Å². The van der Waals surface area contributed by atoms with Crippen molar-refractivity contribution in [1.82, 2.24) is 5.32 Å². The Morgan fingerprint density at radius 1 is 0.885 bits per heavy atom. The normalized spacial score (nSPS) is 11.0. The Morgan fingerprint density at radius 2 is 1.38 bits per heavy atom. The lowest BCUT2D eigenvalue weighted by molar-refractivity contribution is -0.124. The second kappa shape index (κ2) is 7.83. The van der Waals surface area contributed by atoms with E-state index < -0.39 is 11.4 Å². The summed E-state index contributed by atoms with van der Waals surface area (Å²) in [5.41, 5.74) is 1.17. The van der Waals surface area contributed by atoms with E-state index in [0.717, 1.165) is 11.1 Å². The van der Waals surface area contributed by atoms with Gasteiger partial charge in [-0.25, -0.2) is 4.39 Å².